The molecule has 10 N–H and O–H groups in total. The number of fused-ring (bicyclic) bond motifs is 1. The van der Waals surface area contributed by atoms with Crippen molar-refractivity contribution in [3.05, 3.63) is 108 Å². The van der Waals surface area contributed by atoms with Crippen molar-refractivity contribution in [2.24, 2.45) is 5.73 Å². The summed E-state index contributed by atoms with van der Waals surface area (Å²) < 4.78 is 13.7. The van der Waals surface area contributed by atoms with E-state index in [1.54, 1.807) is 42.5 Å². The van der Waals surface area contributed by atoms with Gasteiger partial charge in [0, 0.05) is 44.8 Å². The summed E-state index contributed by atoms with van der Waals surface area (Å²) in [7, 11) is 1.30. The van der Waals surface area contributed by atoms with E-state index in [4.69, 9.17) is 5.73 Å². The Labute approximate surface area is 357 Å². The molecule has 0 aliphatic carbocycles. The van der Waals surface area contributed by atoms with Gasteiger partial charge in [-0.25, -0.2) is 14.6 Å². The number of hydrogen-bond acceptors (Lipinski definition) is 11. The molecule has 0 saturated carbocycles. The third kappa shape index (κ3) is 14.6. The number of hydrogen-bond donors (Lipinski definition) is 9. The predicted molar refractivity (Wildman–Crippen MR) is 225 cm³/mol. The fourth-order valence-electron chi connectivity index (χ4n) is 6.43. The highest BCUT2D eigenvalue weighted by Gasteiger charge is 2.35. The fourth-order valence-corrected chi connectivity index (χ4v) is 6.43. The van der Waals surface area contributed by atoms with E-state index in [0.29, 0.717) is 54.3 Å². The number of nitrogens with zero attached hydrogens (tertiary/aromatic N) is 2. The van der Waals surface area contributed by atoms with E-state index in [0.717, 1.165) is 29.3 Å². The number of rotatable bonds is 21. The first-order chi connectivity index (χ1) is 29.7. The Kier molecular flexibility index (Phi) is 18.2. The second-order valence-electron chi connectivity index (χ2n) is 14.6. The first-order valence-electron chi connectivity index (χ1n) is 19.8. The number of aromatic nitrogens is 1. The minimum Gasteiger partial charge on any atom is -0.508 e. The monoisotopic (exact) mass is 857 g/mol. The number of aromatic hydroxyl groups is 1. The van der Waals surface area contributed by atoms with Gasteiger partial charge in [0.05, 0.1) is 18.2 Å². The Morgan fingerprint density at radius 1 is 0.774 bits per heavy atom. The standard InChI is InChI=1S/C43H52FN9O9/c1-26(56)51-52-43(62)50-36(20-27-10-14-31(44)15-11-27)40(59)48-35(21-29-19-30-7-3-4-9-34(30)46-23-29)39(58)49-37(25-55)42(61)53(2)38(22-28-12-16-33(57)17-13-28)41(60)47-32(24-54)8-5-6-18-45/h3-4,7,9-17,19,23-24,32,35-38,55,57H,5-6,8,18,20-22,25,45H2,1-2H3,(H,47,60)(H,48,59)(H,49,58)(H,51,56)(H2,50,52,62)/t32-,35+,36+,37+,38+/m1/s1. The highest BCUT2D eigenvalue weighted by atomic mass is 19.1. The maximum absolute atomic E-state index is 14.2. The van der Waals surface area contributed by atoms with Crippen LogP contribution in [0.4, 0.5) is 9.18 Å². The van der Waals surface area contributed by atoms with Crippen LogP contribution in [0.15, 0.2) is 85.1 Å². The zero-order valence-corrected chi connectivity index (χ0v) is 34.3. The number of aliphatic hydroxyl groups excluding tert-OH is 1. The molecule has 1 heterocycles. The molecular formula is C43H52FN9O9. The first kappa shape index (κ1) is 47.7. The molecule has 0 aliphatic heterocycles. The van der Waals surface area contributed by atoms with Crippen molar-refractivity contribution in [1.29, 1.82) is 0 Å². The first-order valence-corrected chi connectivity index (χ1v) is 19.8. The van der Waals surface area contributed by atoms with Crippen molar-refractivity contribution in [2.75, 3.05) is 20.2 Å². The summed E-state index contributed by atoms with van der Waals surface area (Å²) in [5, 5.41) is 31.3. The van der Waals surface area contributed by atoms with Gasteiger partial charge in [-0.15, -0.1) is 0 Å². The van der Waals surface area contributed by atoms with Crippen LogP contribution in [0.1, 0.15) is 42.9 Å². The zero-order valence-electron chi connectivity index (χ0n) is 34.3. The van der Waals surface area contributed by atoms with E-state index in [1.165, 1.54) is 37.5 Å². The maximum Gasteiger partial charge on any atom is 0.334 e. The number of phenols is 1. The number of carbonyl (C=O) groups is 7. The van der Waals surface area contributed by atoms with E-state index in [-0.39, 0.29) is 25.0 Å². The van der Waals surface area contributed by atoms with Gasteiger partial charge >= 0.3 is 6.03 Å². The lowest BCUT2D eigenvalue weighted by Gasteiger charge is -2.32. The minimum absolute atomic E-state index is 0.0323. The average Bonchev–Trinajstić information content (AvgIpc) is 3.26. The van der Waals surface area contributed by atoms with E-state index in [9.17, 15) is 48.2 Å². The number of para-hydroxylation sites is 1. The Balaban J connectivity index is 1.63. The second-order valence-corrected chi connectivity index (χ2v) is 14.6. The molecule has 1 aromatic heterocycles. The van der Waals surface area contributed by atoms with Crippen LogP contribution in [-0.2, 0) is 48.0 Å². The molecule has 3 aromatic carbocycles. The largest absolute Gasteiger partial charge is 0.508 e. The predicted octanol–water partition coefficient (Wildman–Crippen LogP) is 0.428. The maximum atomic E-state index is 14.2. The lowest BCUT2D eigenvalue weighted by Crippen LogP contribution is -2.61. The van der Waals surface area contributed by atoms with E-state index in [1.807, 2.05) is 0 Å². The molecule has 0 aliphatic rings. The topological polar surface area (TPSA) is 274 Å². The van der Waals surface area contributed by atoms with Gasteiger partial charge in [0.1, 0.15) is 42.0 Å². The van der Waals surface area contributed by atoms with Crippen molar-refractivity contribution in [3.8, 4) is 5.75 Å². The van der Waals surface area contributed by atoms with E-state index in [2.05, 4.69) is 37.1 Å². The highest BCUT2D eigenvalue weighted by molar-refractivity contribution is 5.96. The number of amides is 7. The SMILES string of the molecule is CC(=O)NNC(=O)N[C@@H](Cc1ccc(F)cc1)C(=O)N[C@@H](Cc1cnc2ccccc2c1)C(=O)N[C@@H](CO)C(=O)N(C)[C@@H](Cc1ccc(O)cc1)C(=O)N[C@@H](C=O)CCCCN. The van der Waals surface area contributed by atoms with Crippen LogP contribution < -0.4 is 37.9 Å². The summed E-state index contributed by atoms with van der Waals surface area (Å²) in [5.74, 6) is -4.58. The van der Waals surface area contributed by atoms with Crippen LogP contribution in [0, 0.1) is 5.82 Å². The van der Waals surface area contributed by atoms with Gasteiger partial charge in [0.15, 0.2) is 0 Å². The lowest BCUT2D eigenvalue weighted by molar-refractivity contribution is -0.143. The summed E-state index contributed by atoms with van der Waals surface area (Å²) in [5.41, 5.74) is 11.9. The number of phenolic OH excluding ortho intramolecular Hbond substituents is 1. The van der Waals surface area contributed by atoms with Crippen LogP contribution in [0.25, 0.3) is 10.9 Å². The number of benzene rings is 3. The van der Waals surface area contributed by atoms with Gasteiger partial charge in [-0.2, -0.15) is 0 Å². The molecular weight excluding hydrogens is 806 g/mol. The number of pyridine rings is 1. The summed E-state index contributed by atoms with van der Waals surface area (Å²) in [4.78, 5) is 97.7. The zero-order chi connectivity index (χ0) is 45.2. The van der Waals surface area contributed by atoms with Crippen LogP contribution in [0.2, 0.25) is 0 Å². The molecule has 62 heavy (non-hydrogen) atoms. The Hall–Kier alpha value is -6.99. The number of carbonyl (C=O) groups excluding carboxylic acids is 7. The van der Waals surface area contributed by atoms with E-state index < -0.39 is 78.2 Å². The average molecular weight is 858 g/mol. The Bertz CT molecular complexity index is 2180. The van der Waals surface area contributed by atoms with Gasteiger partial charge in [-0.1, -0.05) is 42.5 Å². The lowest BCUT2D eigenvalue weighted by atomic mass is 10.0. The molecule has 7 amide bonds. The van der Waals surface area contributed by atoms with Crippen LogP contribution in [0.3, 0.4) is 0 Å². The molecule has 330 valence electrons. The summed E-state index contributed by atoms with van der Waals surface area (Å²) in [6.45, 7) is 0.604. The molecule has 0 fully saturated rings. The number of aldehydes is 1. The van der Waals surface area contributed by atoms with Gasteiger partial charge in [0.2, 0.25) is 29.5 Å². The third-order valence-electron chi connectivity index (χ3n) is 9.79. The quantitative estimate of drug-likeness (QED) is 0.0315. The Morgan fingerprint density at radius 2 is 1.39 bits per heavy atom. The number of aliphatic hydroxyl groups is 1. The van der Waals surface area contributed by atoms with Crippen molar-refractivity contribution in [2.45, 2.75) is 75.7 Å². The number of nitrogens with two attached hydrogens (primary N) is 1. The molecule has 18 nitrogen and oxygen atoms in total. The number of urea groups is 1. The number of likely N-dealkylation sites (N-methyl/N-ethyl adjacent to an activating group) is 1. The van der Waals surface area contributed by atoms with Crippen molar-refractivity contribution in [3.63, 3.8) is 0 Å². The molecule has 0 saturated heterocycles. The van der Waals surface area contributed by atoms with Gasteiger partial charge in [-0.05, 0) is 78.9 Å². The van der Waals surface area contributed by atoms with Crippen molar-refractivity contribution >= 4 is 52.8 Å². The van der Waals surface area contributed by atoms with E-state index >= 15 is 0 Å². The second kappa shape index (κ2) is 23.7. The van der Waals surface area contributed by atoms with Gasteiger partial charge in [-0.3, -0.25) is 34.4 Å². The molecule has 0 bridgehead atoms. The molecule has 0 radical (unpaired) electrons. The third-order valence-corrected chi connectivity index (χ3v) is 9.79. The molecule has 0 unspecified atom stereocenters. The van der Waals surface area contributed by atoms with Crippen LogP contribution >= 0.6 is 0 Å². The summed E-state index contributed by atoms with van der Waals surface area (Å²) in [6, 6.07) is 12.3. The Morgan fingerprint density at radius 3 is 2.03 bits per heavy atom. The van der Waals surface area contributed by atoms with Crippen LogP contribution in [-0.4, -0.2) is 112 Å². The molecule has 19 heteroatoms. The van der Waals surface area contributed by atoms with Crippen molar-refractivity contribution < 1.29 is 48.2 Å². The molecule has 4 aromatic rings. The number of unbranched alkanes of at least 4 members (excludes halogenated alkanes) is 1. The molecule has 5 atom stereocenters. The highest BCUT2D eigenvalue weighted by Crippen LogP contribution is 2.17. The summed E-state index contributed by atoms with van der Waals surface area (Å²) >= 11 is 0. The molecule has 0 spiro atoms. The summed E-state index contributed by atoms with van der Waals surface area (Å²) in [6.07, 6.45) is 3.09. The minimum atomic E-state index is -1.65. The molecule has 4 rings (SSSR count). The normalized spacial score (nSPS) is 13.3. The number of hydrazine groups is 1. The van der Waals surface area contributed by atoms with Gasteiger partial charge in [0.25, 0.3) is 0 Å². The fraction of sp³-hybridized carbons (Fsp3) is 0.349. The van der Waals surface area contributed by atoms with Gasteiger partial charge < -0.3 is 46.9 Å². The number of halogens is 1. The van der Waals surface area contributed by atoms with Crippen LogP contribution in [0.5, 0.6) is 5.75 Å². The smallest absolute Gasteiger partial charge is 0.334 e. The number of nitrogens with one attached hydrogen (secondary N) is 6. The van der Waals surface area contributed by atoms with Crippen molar-refractivity contribution in [1.82, 2.24) is 42.0 Å².